The van der Waals surface area contributed by atoms with Gasteiger partial charge >= 0.3 is 11.9 Å². The molecule has 5 N–H and O–H groups in total. The lowest BCUT2D eigenvalue weighted by Crippen LogP contribution is -2.58. The van der Waals surface area contributed by atoms with Crippen molar-refractivity contribution in [2.45, 2.75) is 56.5 Å². The summed E-state index contributed by atoms with van der Waals surface area (Å²) in [7, 11) is 0. The van der Waals surface area contributed by atoms with E-state index in [4.69, 9.17) is 10.8 Å². The van der Waals surface area contributed by atoms with Gasteiger partial charge in [0.25, 0.3) is 0 Å². The highest BCUT2D eigenvalue weighted by molar-refractivity contribution is 5.91. The Morgan fingerprint density at radius 1 is 1.11 bits per heavy atom. The fraction of sp³-hybridized carbons (Fsp3) is 0.750. The molecule has 1 amide bonds. The van der Waals surface area contributed by atoms with Crippen LogP contribution in [0.1, 0.15) is 44.9 Å². The third-order valence-corrected chi connectivity index (χ3v) is 3.46. The summed E-state index contributed by atoms with van der Waals surface area (Å²) in [5.41, 5.74) is 4.15. The summed E-state index contributed by atoms with van der Waals surface area (Å²) in [6.07, 6.45) is 3.52. The van der Waals surface area contributed by atoms with Gasteiger partial charge in [-0.05, 0) is 12.8 Å². The standard InChI is InChI=1S/C12H20N2O5/c13-8(7-9(15)16)10(17)14-12(11(18)19)5-3-1-2-4-6-12/h8H,1-7,13H2,(H,14,17)(H,15,16)(H,18,19). The van der Waals surface area contributed by atoms with E-state index in [1.54, 1.807) is 0 Å². The largest absolute Gasteiger partial charge is 0.481 e. The minimum absolute atomic E-state index is 0.355. The van der Waals surface area contributed by atoms with Gasteiger partial charge in [-0.2, -0.15) is 0 Å². The number of carbonyl (C=O) groups excluding carboxylic acids is 1. The van der Waals surface area contributed by atoms with Crippen LogP contribution >= 0.6 is 0 Å². The molecule has 0 saturated heterocycles. The number of nitrogens with one attached hydrogen (secondary N) is 1. The van der Waals surface area contributed by atoms with Crippen molar-refractivity contribution in [3.05, 3.63) is 0 Å². The van der Waals surface area contributed by atoms with Gasteiger partial charge in [0.05, 0.1) is 12.5 Å². The van der Waals surface area contributed by atoms with Crippen LogP contribution in [0.3, 0.4) is 0 Å². The molecule has 1 unspecified atom stereocenters. The second-order valence-corrected chi connectivity index (χ2v) is 5.00. The lowest BCUT2D eigenvalue weighted by molar-refractivity contribution is -0.148. The highest BCUT2D eigenvalue weighted by Gasteiger charge is 2.40. The molecule has 1 aliphatic rings. The van der Waals surface area contributed by atoms with Gasteiger partial charge in [0.2, 0.25) is 5.91 Å². The van der Waals surface area contributed by atoms with Gasteiger partial charge < -0.3 is 21.3 Å². The number of hydrogen-bond acceptors (Lipinski definition) is 4. The van der Waals surface area contributed by atoms with Gasteiger partial charge in [0.15, 0.2) is 0 Å². The van der Waals surface area contributed by atoms with E-state index in [0.29, 0.717) is 12.8 Å². The van der Waals surface area contributed by atoms with Gasteiger partial charge in [-0.3, -0.25) is 9.59 Å². The van der Waals surface area contributed by atoms with Crippen LogP contribution < -0.4 is 11.1 Å². The summed E-state index contributed by atoms with van der Waals surface area (Å²) in [4.78, 5) is 33.7. The fourth-order valence-corrected chi connectivity index (χ4v) is 2.33. The third kappa shape index (κ3) is 4.20. The number of carboxylic acids is 2. The maximum atomic E-state index is 11.8. The minimum atomic E-state index is -1.30. The minimum Gasteiger partial charge on any atom is -0.481 e. The van der Waals surface area contributed by atoms with Crippen molar-refractivity contribution in [3.63, 3.8) is 0 Å². The molecule has 0 aliphatic heterocycles. The number of amides is 1. The Balaban J connectivity index is 2.75. The molecular formula is C12H20N2O5. The molecule has 0 heterocycles. The van der Waals surface area contributed by atoms with E-state index in [1.165, 1.54) is 0 Å². The van der Waals surface area contributed by atoms with E-state index in [9.17, 15) is 19.5 Å². The zero-order chi connectivity index (χ0) is 14.5. The average molecular weight is 272 g/mol. The van der Waals surface area contributed by atoms with E-state index in [2.05, 4.69) is 5.32 Å². The molecule has 0 aromatic rings. The first-order chi connectivity index (χ1) is 8.87. The molecule has 7 heteroatoms. The Bertz CT molecular complexity index is 361. The Labute approximate surface area is 111 Å². The first kappa shape index (κ1) is 15.4. The van der Waals surface area contributed by atoms with E-state index in [0.717, 1.165) is 25.7 Å². The molecule has 1 fully saturated rings. The maximum Gasteiger partial charge on any atom is 0.329 e. The van der Waals surface area contributed by atoms with Crippen molar-refractivity contribution in [2.24, 2.45) is 5.73 Å². The molecule has 1 aliphatic carbocycles. The highest BCUT2D eigenvalue weighted by Crippen LogP contribution is 2.27. The van der Waals surface area contributed by atoms with Crippen LogP contribution in [-0.4, -0.2) is 39.6 Å². The summed E-state index contributed by atoms with van der Waals surface area (Å²) in [5, 5.41) is 20.4. The summed E-state index contributed by atoms with van der Waals surface area (Å²) in [6.45, 7) is 0. The SMILES string of the molecule is NC(CC(=O)O)C(=O)NC1(C(=O)O)CCCCCC1. The zero-order valence-electron chi connectivity index (χ0n) is 10.7. The van der Waals surface area contributed by atoms with Crippen LogP contribution in [0.2, 0.25) is 0 Å². The number of carboxylic acid groups (broad SMARTS) is 2. The second-order valence-electron chi connectivity index (χ2n) is 5.00. The number of hydrogen-bond donors (Lipinski definition) is 4. The summed E-state index contributed by atoms with van der Waals surface area (Å²) >= 11 is 0. The summed E-state index contributed by atoms with van der Waals surface area (Å²) in [6, 6.07) is -1.23. The van der Waals surface area contributed by atoms with Crippen LogP contribution in [0.25, 0.3) is 0 Å². The Kier molecular flexibility index (Phi) is 5.29. The van der Waals surface area contributed by atoms with Crippen molar-refractivity contribution < 1.29 is 24.6 Å². The topological polar surface area (TPSA) is 130 Å². The van der Waals surface area contributed by atoms with Crippen molar-refractivity contribution in [1.29, 1.82) is 0 Å². The first-order valence-corrected chi connectivity index (χ1v) is 6.40. The third-order valence-electron chi connectivity index (χ3n) is 3.46. The zero-order valence-corrected chi connectivity index (χ0v) is 10.7. The van der Waals surface area contributed by atoms with Crippen molar-refractivity contribution in [3.8, 4) is 0 Å². The maximum absolute atomic E-state index is 11.8. The lowest BCUT2D eigenvalue weighted by atomic mass is 9.89. The number of nitrogens with two attached hydrogens (primary N) is 1. The van der Waals surface area contributed by atoms with E-state index >= 15 is 0 Å². The van der Waals surface area contributed by atoms with Crippen LogP contribution in [0, 0.1) is 0 Å². The predicted octanol–water partition coefficient (Wildman–Crippen LogP) is 0.0822. The molecule has 0 bridgehead atoms. The van der Waals surface area contributed by atoms with Gasteiger partial charge in [0.1, 0.15) is 5.54 Å². The number of rotatable bonds is 5. The highest BCUT2D eigenvalue weighted by atomic mass is 16.4. The number of carbonyl (C=O) groups is 3. The van der Waals surface area contributed by atoms with E-state index in [-0.39, 0.29) is 0 Å². The number of aliphatic carboxylic acids is 2. The van der Waals surface area contributed by atoms with Crippen molar-refractivity contribution in [2.75, 3.05) is 0 Å². The van der Waals surface area contributed by atoms with Crippen LogP contribution in [-0.2, 0) is 14.4 Å². The Hall–Kier alpha value is -1.63. The molecule has 108 valence electrons. The molecule has 19 heavy (non-hydrogen) atoms. The summed E-state index contributed by atoms with van der Waals surface area (Å²) < 4.78 is 0. The smallest absolute Gasteiger partial charge is 0.329 e. The molecule has 0 spiro atoms. The Morgan fingerprint density at radius 3 is 2.05 bits per heavy atom. The molecule has 7 nitrogen and oxygen atoms in total. The monoisotopic (exact) mass is 272 g/mol. The van der Waals surface area contributed by atoms with Gasteiger partial charge in [-0.1, -0.05) is 25.7 Å². The molecular weight excluding hydrogens is 252 g/mol. The predicted molar refractivity (Wildman–Crippen MR) is 66.4 cm³/mol. The summed E-state index contributed by atoms with van der Waals surface area (Å²) in [5.74, 6) is -2.98. The fourth-order valence-electron chi connectivity index (χ4n) is 2.33. The molecule has 0 aromatic heterocycles. The second kappa shape index (κ2) is 6.51. The molecule has 0 aromatic carbocycles. The molecule has 1 atom stereocenters. The van der Waals surface area contributed by atoms with Crippen LogP contribution in [0.15, 0.2) is 0 Å². The van der Waals surface area contributed by atoms with Crippen LogP contribution in [0.5, 0.6) is 0 Å². The molecule has 0 radical (unpaired) electrons. The normalized spacial score (nSPS) is 20.1. The van der Waals surface area contributed by atoms with Gasteiger partial charge in [0, 0.05) is 0 Å². The van der Waals surface area contributed by atoms with Gasteiger partial charge in [-0.15, -0.1) is 0 Å². The van der Waals surface area contributed by atoms with Crippen molar-refractivity contribution >= 4 is 17.8 Å². The van der Waals surface area contributed by atoms with Crippen molar-refractivity contribution in [1.82, 2.24) is 5.32 Å². The van der Waals surface area contributed by atoms with Crippen LogP contribution in [0.4, 0.5) is 0 Å². The molecule has 1 saturated carbocycles. The van der Waals surface area contributed by atoms with E-state index < -0.39 is 35.8 Å². The van der Waals surface area contributed by atoms with E-state index in [1.807, 2.05) is 0 Å². The quantitative estimate of drug-likeness (QED) is 0.524. The van der Waals surface area contributed by atoms with Gasteiger partial charge in [-0.25, -0.2) is 4.79 Å². The molecule has 1 rings (SSSR count). The average Bonchev–Trinajstić information content (AvgIpc) is 2.54. The Morgan fingerprint density at radius 2 is 1.63 bits per heavy atom. The first-order valence-electron chi connectivity index (χ1n) is 6.40. The lowest BCUT2D eigenvalue weighted by Gasteiger charge is -2.30.